The van der Waals surface area contributed by atoms with Crippen molar-refractivity contribution in [1.82, 2.24) is 9.55 Å². The van der Waals surface area contributed by atoms with Crippen LogP contribution in [0.5, 0.6) is 0 Å². The van der Waals surface area contributed by atoms with Crippen molar-refractivity contribution in [2.24, 2.45) is 0 Å². The summed E-state index contributed by atoms with van der Waals surface area (Å²) in [5.74, 6) is -1.33. The molecule has 0 aliphatic rings. The van der Waals surface area contributed by atoms with E-state index in [0.29, 0.717) is 34.0 Å². The summed E-state index contributed by atoms with van der Waals surface area (Å²) in [5, 5.41) is 10.6. The molecule has 0 aliphatic carbocycles. The normalized spacial score (nSPS) is 10.9. The number of aromatic carboxylic acids is 1. The summed E-state index contributed by atoms with van der Waals surface area (Å²) in [7, 11) is 0. The smallest absolute Gasteiger partial charge is 0.341 e. The quantitative estimate of drug-likeness (QED) is 0.542. The molecule has 0 saturated carbocycles. The van der Waals surface area contributed by atoms with E-state index < -0.39 is 11.4 Å². The lowest BCUT2D eigenvalue weighted by atomic mass is 9.97. The van der Waals surface area contributed by atoms with Gasteiger partial charge in [-0.15, -0.1) is 0 Å². The SMILES string of the molecule is CCn1c(C)c(-c2ccc(Cl)cc2)c(=O)c(C(=O)O)c1-c1cnc(Cl)c(Cl)c1. The Labute approximate surface area is 176 Å². The van der Waals surface area contributed by atoms with Crippen molar-refractivity contribution in [3.8, 4) is 22.4 Å². The molecule has 3 aromatic rings. The molecule has 1 aromatic carbocycles. The van der Waals surface area contributed by atoms with Crippen LogP contribution in [0.15, 0.2) is 41.3 Å². The van der Waals surface area contributed by atoms with Gasteiger partial charge in [-0.2, -0.15) is 0 Å². The molecule has 0 unspecified atom stereocenters. The van der Waals surface area contributed by atoms with Crippen molar-refractivity contribution in [3.05, 3.63) is 73.2 Å². The van der Waals surface area contributed by atoms with E-state index in [4.69, 9.17) is 34.8 Å². The number of carboxylic acids is 1. The number of rotatable bonds is 4. The fourth-order valence-electron chi connectivity index (χ4n) is 3.24. The number of hydrogen-bond donors (Lipinski definition) is 1. The van der Waals surface area contributed by atoms with E-state index in [0.717, 1.165) is 0 Å². The Morgan fingerprint density at radius 2 is 1.79 bits per heavy atom. The van der Waals surface area contributed by atoms with E-state index in [9.17, 15) is 14.7 Å². The lowest BCUT2D eigenvalue weighted by Crippen LogP contribution is -2.25. The molecule has 3 rings (SSSR count). The molecule has 0 saturated heterocycles. The predicted octanol–water partition coefficient (Wildman–Crippen LogP) is 5.56. The summed E-state index contributed by atoms with van der Waals surface area (Å²) in [4.78, 5) is 29.3. The molecule has 0 radical (unpaired) electrons. The predicted molar refractivity (Wildman–Crippen MR) is 112 cm³/mol. The van der Waals surface area contributed by atoms with Gasteiger partial charge in [0, 0.05) is 34.6 Å². The van der Waals surface area contributed by atoms with Crippen LogP contribution in [0.1, 0.15) is 23.0 Å². The van der Waals surface area contributed by atoms with E-state index in [1.54, 1.807) is 35.8 Å². The Balaban J connectivity index is 2.44. The van der Waals surface area contributed by atoms with Crippen molar-refractivity contribution in [2.45, 2.75) is 20.4 Å². The van der Waals surface area contributed by atoms with Crippen LogP contribution >= 0.6 is 34.8 Å². The second-order valence-corrected chi connectivity index (χ2v) is 7.27. The van der Waals surface area contributed by atoms with Gasteiger partial charge in [0.1, 0.15) is 10.7 Å². The molecule has 0 fully saturated rings. The Morgan fingerprint density at radius 1 is 1.14 bits per heavy atom. The standard InChI is InChI=1S/C20H15Cl3N2O3/c1-3-25-10(2)15(11-4-6-13(21)7-5-11)18(26)16(20(27)28)17(25)12-8-14(22)19(23)24-9-12/h4-9H,3H2,1-2H3,(H,27,28). The molecule has 2 aromatic heterocycles. The maximum Gasteiger partial charge on any atom is 0.341 e. The molecular weight excluding hydrogens is 423 g/mol. The number of pyridine rings is 2. The van der Waals surface area contributed by atoms with Gasteiger partial charge in [-0.05, 0) is 37.6 Å². The van der Waals surface area contributed by atoms with Crippen LogP contribution in [0.3, 0.4) is 0 Å². The third kappa shape index (κ3) is 3.53. The zero-order valence-corrected chi connectivity index (χ0v) is 17.2. The first-order valence-corrected chi connectivity index (χ1v) is 9.47. The number of halogens is 3. The second-order valence-electron chi connectivity index (χ2n) is 6.07. The Kier molecular flexibility index (Phi) is 5.79. The van der Waals surface area contributed by atoms with Crippen molar-refractivity contribution < 1.29 is 9.90 Å². The molecule has 0 aliphatic heterocycles. The molecule has 0 amide bonds. The van der Waals surface area contributed by atoms with E-state index in [-0.39, 0.29) is 21.4 Å². The minimum atomic E-state index is -1.33. The molecule has 0 spiro atoms. The van der Waals surface area contributed by atoms with Crippen molar-refractivity contribution in [2.75, 3.05) is 0 Å². The van der Waals surface area contributed by atoms with Crippen LogP contribution in [0.2, 0.25) is 15.2 Å². The van der Waals surface area contributed by atoms with Gasteiger partial charge in [-0.25, -0.2) is 9.78 Å². The fourth-order valence-corrected chi connectivity index (χ4v) is 3.63. The van der Waals surface area contributed by atoms with E-state index in [2.05, 4.69) is 4.98 Å². The summed E-state index contributed by atoms with van der Waals surface area (Å²) in [5.41, 5.74) is 1.23. The monoisotopic (exact) mass is 436 g/mol. The van der Waals surface area contributed by atoms with Crippen molar-refractivity contribution >= 4 is 40.8 Å². The molecule has 2 heterocycles. The largest absolute Gasteiger partial charge is 0.477 e. The minimum Gasteiger partial charge on any atom is -0.477 e. The summed E-state index contributed by atoms with van der Waals surface area (Å²) >= 11 is 17.9. The lowest BCUT2D eigenvalue weighted by molar-refractivity contribution is 0.0695. The van der Waals surface area contributed by atoms with Crippen LogP contribution in [0.25, 0.3) is 22.4 Å². The lowest BCUT2D eigenvalue weighted by Gasteiger charge is -2.21. The first kappa shape index (κ1) is 20.4. The maximum atomic E-state index is 13.2. The van der Waals surface area contributed by atoms with E-state index >= 15 is 0 Å². The van der Waals surface area contributed by atoms with Gasteiger partial charge in [0.25, 0.3) is 0 Å². The molecule has 1 N–H and O–H groups in total. The first-order valence-electron chi connectivity index (χ1n) is 8.34. The molecule has 28 heavy (non-hydrogen) atoms. The Bertz CT molecular complexity index is 1140. The number of nitrogens with zero attached hydrogens (tertiary/aromatic N) is 2. The molecule has 0 bridgehead atoms. The highest BCUT2D eigenvalue weighted by Gasteiger charge is 2.26. The molecular formula is C20H15Cl3N2O3. The summed E-state index contributed by atoms with van der Waals surface area (Å²) in [6.07, 6.45) is 1.41. The average Bonchev–Trinajstić information content (AvgIpc) is 2.64. The third-order valence-electron chi connectivity index (χ3n) is 4.46. The molecule has 144 valence electrons. The van der Waals surface area contributed by atoms with Gasteiger partial charge >= 0.3 is 5.97 Å². The van der Waals surface area contributed by atoms with Crippen LogP contribution < -0.4 is 5.43 Å². The van der Waals surface area contributed by atoms with Crippen molar-refractivity contribution in [1.29, 1.82) is 0 Å². The molecule has 8 heteroatoms. The van der Waals surface area contributed by atoms with Crippen LogP contribution in [-0.4, -0.2) is 20.6 Å². The third-order valence-corrected chi connectivity index (χ3v) is 5.40. The van der Waals surface area contributed by atoms with Crippen LogP contribution in [0, 0.1) is 6.92 Å². The average molecular weight is 438 g/mol. The summed E-state index contributed by atoms with van der Waals surface area (Å²) in [6, 6.07) is 8.20. The summed E-state index contributed by atoms with van der Waals surface area (Å²) < 4.78 is 1.76. The van der Waals surface area contributed by atoms with Crippen LogP contribution in [0.4, 0.5) is 0 Å². The zero-order valence-electron chi connectivity index (χ0n) is 15.0. The highest BCUT2D eigenvalue weighted by atomic mass is 35.5. The number of hydrogen-bond acceptors (Lipinski definition) is 3. The van der Waals surface area contributed by atoms with Gasteiger partial charge < -0.3 is 9.67 Å². The number of carbonyl (C=O) groups is 1. The number of carboxylic acid groups (broad SMARTS) is 1. The van der Waals surface area contributed by atoms with Crippen LogP contribution in [-0.2, 0) is 6.54 Å². The van der Waals surface area contributed by atoms with Crippen molar-refractivity contribution in [3.63, 3.8) is 0 Å². The zero-order chi connectivity index (χ0) is 20.6. The van der Waals surface area contributed by atoms with Gasteiger partial charge in [-0.1, -0.05) is 46.9 Å². The minimum absolute atomic E-state index is 0.0993. The topological polar surface area (TPSA) is 72.2 Å². The van der Waals surface area contributed by atoms with Gasteiger partial charge in [-0.3, -0.25) is 4.79 Å². The maximum absolute atomic E-state index is 13.2. The van der Waals surface area contributed by atoms with E-state index in [1.807, 2.05) is 6.92 Å². The van der Waals surface area contributed by atoms with Gasteiger partial charge in [0.15, 0.2) is 0 Å². The Hall–Kier alpha value is -2.34. The highest BCUT2D eigenvalue weighted by Crippen LogP contribution is 2.32. The van der Waals surface area contributed by atoms with Gasteiger partial charge in [0.2, 0.25) is 5.43 Å². The number of aromatic nitrogens is 2. The molecule has 5 nitrogen and oxygen atoms in total. The summed E-state index contributed by atoms with van der Waals surface area (Å²) in [6.45, 7) is 4.07. The molecule has 0 atom stereocenters. The van der Waals surface area contributed by atoms with Gasteiger partial charge in [0.05, 0.1) is 10.7 Å². The first-order chi connectivity index (χ1) is 13.3. The van der Waals surface area contributed by atoms with E-state index in [1.165, 1.54) is 12.3 Å². The Morgan fingerprint density at radius 3 is 2.32 bits per heavy atom. The highest BCUT2D eigenvalue weighted by molar-refractivity contribution is 6.41. The fraction of sp³-hybridized carbons (Fsp3) is 0.150. The number of benzene rings is 1. The second kappa shape index (κ2) is 7.95.